The Balaban J connectivity index is 1.31. The summed E-state index contributed by atoms with van der Waals surface area (Å²) in [5, 5.41) is 16.1. The number of nitrogens with one attached hydrogen (secondary N) is 3. The molecule has 4 N–H and O–H groups in total. The second-order valence-electron chi connectivity index (χ2n) is 6.69. The first-order valence-corrected chi connectivity index (χ1v) is 9.63. The normalized spacial score (nSPS) is 11.8. The van der Waals surface area contributed by atoms with Gasteiger partial charge in [-0.2, -0.15) is 0 Å². The van der Waals surface area contributed by atoms with E-state index >= 15 is 0 Å². The second kappa shape index (κ2) is 11.0. The van der Waals surface area contributed by atoms with Gasteiger partial charge in [-0.15, -0.1) is 0 Å². The van der Waals surface area contributed by atoms with Crippen molar-refractivity contribution in [2.24, 2.45) is 0 Å². The minimum Gasteiger partial charge on any atom is -0.491 e. The van der Waals surface area contributed by atoms with Gasteiger partial charge in [0.25, 0.3) is 0 Å². The number of aromatic nitrogens is 2. The molecule has 0 aliphatic rings. The standard InChI is InChI=1S/C22H26N4O3/c27-19(16-29-20-4-2-1-3-5-20)15-23-11-10-17-6-8-18(9-7-17)26-22(28)14-21-24-12-13-25-21/h1-9,12-13,19,23,27H,10-11,14-16H2,(H,24,25)(H,26,28)/t19-/m0/s1. The summed E-state index contributed by atoms with van der Waals surface area (Å²) in [4.78, 5) is 18.9. The van der Waals surface area contributed by atoms with Crippen LogP contribution in [-0.4, -0.2) is 46.8 Å². The molecule has 1 amide bonds. The minimum absolute atomic E-state index is 0.110. The summed E-state index contributed by atoms with van der Waals surface area (Å²) in [6.07, 6.45) is 3.80. The molecule has 29 heavy (non-hydrogen) atoms. The van der Waals surface area contributed by atoms with Crippen molar-refractivity contribution in [2.75, 3.05) is 25.0 Å². The van der Waals surface area contributed by atoms with E-state index < -0.39 is 6.10 Å². The molecular weight excluding hydrogens is 368 g/mol. The van der Waals surface area contributed by atoms with Gasteiger partial charge in [0.1, 0.15) is 24.3 Å². The smallest absolute Gasteiger partial charge is 0.231 e. The lowest BCUT2D eigenvalue weighted by molar-refractivity contribution is -0.115. The molecule has 0 fully saturated rings. The molecule has 0 radical (unpaired) electrons. The maximum absolute atomic E-state index is 12.0. The predicted molar refractivity (Wildman–Crippen MR) is 112 cm³/mol. The number of benzene rings is 2. The molecule has 152 valence electrons. The average molecular weight is 394 g/mol. The molecule has 0 saturated carbocycles. The van der Waals surface area contributed by atoms with Crippen molar-refractivity contribution in [3.8, 4) is 5.75 Å². The number of aromatic amines is 1. The summed E-state index contributed by atoms with van der Waals surface area (Å²) < 4.78 is 5.53. The molecule has 3 aromatic rings. The fourth-order valence-corrected chi connectivity index (χ4v) is 2.78. The number of imidazole rings is 1. The third kappa shape index (κ3) is 7.40. The molecule has 0 unspecified atom stereocenters. The van der Waals surface area contributed by atoms with Gasteiger partial charge in [0.2, 0.25) is 5.91 Å². The van der Waals surface area contributed by atoms with E-state index in [1.807, 2.05) is 54.6 Å². The molecule has 0 aliphatic carbocycles. The fourth-order valence-electron chi connectivity index (χ4n) is 2.78. The number of ether oxygens (including phenoxy) is 1. The minimum atomic E-state index is -0.568. The van der Waals surface area contributed by atoms with Gasteiger partial charge in [-0.05, 0) is 42.8 Å². The number of aliphatic hydroxyl groups is 1. The Morgan fingerprint density at radius 3 is 2.66 bits per heavy atom. The van der Waals surface area contributed by atoms with Crippen molar-refractivity contribution >= 4 is 11.6 Å². The van der Waals surface area contributed by atoms with E-state index in [2.05, 4.69) is 20.6 Å². The van der Waals surface area contributed by atoms with Crippen LogP contribution >= 0.6 is 0 Å². The largest absolute Gasteiger partial charge is 0.491 e. The Labute approximate surface area is 170 Å². The Kier molecular flexibility index (Phi) is 7.80. The molecule has 0 saturated heterocycles. The first kappa shape index (κ1) is 20.6. The highest BCUT2D eigenvalue weighted by atomic mass is 16.5. The summed E-state index contributed by atoms with van der Waals surface area (Å²) >= 11 is 0. The van der Waals surface area contributed by atoms with Crippen molar-refractivity contribution in [2.45, 2.75) is 18.9 Å². The highest BCUT2D eigenvalue weighted by molar-refractivity contribution is 5.91. The zero-order valence-electron chi connectivity index (χ0n) is 16.2. The summed E-state index contributed by atoms with van der Waals surface area (Å²) in [5.74, 6) is 1.28. The number of rotatable bonds is 11. The van der Waals surface area contributed by atoms with Gasteiger partial charge in [0, 0.05) is 24.6 Å². The maximum Gasteiger partial charge on any atom is 0.231 e. The molecule has 2 aromatic carbocycles. The number of hydrogen-bond donors (Lipinski definition) is 4. The Hall–Kier alpha value is -3.16. The van der Waals surface area contributed by atoms with E-state index in [1.54, 1.807) is 12.4 Å². The van der Waals surface area contributed by atoms with Crippen LogP contribution in [0.1, 0.15) is 11.4 Å². The highest BCUT2D eigenvalue weighted by Crippen LogP contribution is 2.11. The summed E-state index contributed by atoms with van der Waals surface area (Å²) in [7, 11) is 0. The number of hydrogen-bond acceptors (Lipinski definition) is 5. The van der Waals surface area contributed by atoms with Crippen LogP contribution in [0.15, 0.2) is 67.0 Å². The lowest BCUT2D eigenvalue weighted by atomic mass is 10.1. The van der Waals surface area contributed by atoms with Gasteiger partial charge in [-0.3, -0.25) is 4.79 Å². The third-order valence-electron chi connectivity index (χ3n) is 4.28. The summed E-state index contributed by atoms with van der Waals surface area (Å²) in [5.41, 5.74) is 1.91. The monoisotopic (exact) mass is 394 g/mol. The van der Waals surface area contributed by atoms with E-state index in [0.29, 0.717) is 12.4 Å². The average Bonchev–Trinajstić information content (AvgIpc) is 3.24. The number of carbonyl (C=O) groups excluding carboxylic acids is 1. The van der Waals surface area contributed by atoms with E-state index in [9.17, 15) is 9.90 Å². The predicted octanol–water partition coefficient (Wildman–Crippen LogP) is 2.16. The van der Waals surface area contributed by atoms with Crippen LogP contribution in [0.2, 0.25) is 0 Å². The van der Waals surface area contributed by atoms with Crippen LogP contribution < -0.4 is 15.4 Å². The molecule has 3 rings (SSSR count). The summed E-state index contributed by atoms with van der Waals surface area (Å²) in [6.45, 7) is 1.46. The third-order valence-corrected chi connectivity index (χ3v) is 4.28. The van der Waals surface area contributed by atoms with Crippen LogP contribution in [0.3, 0.4) is 0 Å². The zero-order valence-corrected chi connectivity index (χ0v) is 16.2. The maximum atomic E-state index is 12.0. The summed E-state index contributed by atoms with van der Waals surface area (Å²) in [6, 6.07) is 17.2. The number of nitrogens with zero attached hydrogens (tertiary/aromatic N) is 1. The van der Waals surface area contributed by atoms with Crippen LogP contribution in [0.25, 0.3) is 0 Å². The van der Waals surface area contributed by atoms with Gasteiger partial charge in [-0.25, -0.2) is 4.98 Å². The van der Waals surface area contributed by atoms with Crippen LogP contribution in [-0.2, 0) is 17.6 Å². The lowest BCUT2D eigenvalue weighted by Crippen LogP contribution is -2.32. The van der Waals surface area contributed by atoms with Crippen LogP contribution in [0.4, 0.5) is 5.69 Å². The first-order chi connectivity index (χ1) is 14.2. The number of para-hydroxylation sites is 1. The van der Waals surface area contributed by atoms with Gasteiger partial charge < -0.3 is 25.5 Å². The topological polar surface area (TPSA) is 99.3 Å². The number of carbonyl (C=O) groups is 1. The fraction of sp³-hybridized carbons (Fsp3) is 0.273. The SMILES string of the molecule is O=C(Cc1ncc[nH]1)Nc1ccc(CCNC[C@H](O)COc2ccccc2)cc1. The van der Waals surface area contributed by atoms with Crippen LogP contribution in [0.5, 0.6) is 5.75 Å². The molecule has 1 aromatic heterocycles. The van der Waals surface area contributed by atoms with E-state index in [4.69, 9.17) is 4.74 Å². The Bertz CT molecular complexity index is 852. The number of aliphatic hydroxyl groups excluding tert-OH is 1. The van der Waals surface area contributed by atoms with E-state index in [-0.39, 0.29) is 18.9 Å². The lowest BCUT2D eigenvalue weighted by Gasteiger charge is -2.13. The quantitative estimate of drug-likeness (QED) is 0.374. The highest BCUT2D eigenvalue weighted by Gasteiger charge is 2.07. The molecule has 0 bridgehead atoms. The van der Waals surface area contributed by atoms with E-state index in [0.717, 1.165) is 30.0 Å². The van der Waals surface area contributed by atoms with Crippen molar-refractivity contribution in [3.63, 3.8) is 0 Å². The van der Waals surface area contributed by atoms with Crippen LogP contribution in [0, 0.1) is 0 Å². The van der Waals surface area contributed by atoms with Gasteiger partial charge in [0.05, 0.1) is 6.42 Å². The van der Waals surface area contributed by atoms with Gasteiger partial charge in [0.15, 0.2) is 0 Å². The van der Waals surface area contributed by atoms with Crippen molar-refractivity contribution in [3.05, 3.63) is 78.4 Å². The number of H-pyrrole nitrogens is 1. The zero-order chi connectivity index (χ0) is 20.3. The first-order valence-electron chi connectivity index (χ1n) is 9.63. The van der Waals surface area contributed by atoms with Crippen molar-refractivity contribution in [1.29, 1.82) is 0 Å². The number of amides is 1. The molecule has 0 aliphatic heterocycles. The van der Waals surface area contributed by atoms with E-state index in [1.165, 1.54) is 0 Å². The molecule has 0 spiro atoms. The van der Waals surface area contributed by atoms with Gasteiger partial charge >= 0.3 is 0 Å². The molecule has 7 nitrogen and oxygen atoms in total. The molecule has 1 heterocycles. The van der Waals surface area contributed by atoms with Crippen molar-refractivity contribution < 1.29 is 14.6 Å². The second-order valence-corrected chi connectivity index (χ2v) is 6.69. The molecular formula is C22H26N4O3. The Morgan fingerprint density at radius 1 is 1.14 bits per heavy atom. The van der Waals surface area contributed by atoms with Gasteiger partial charge in [-0.1, -0.05) is 30.3 Å². The number of anilines is 1. The Morgan fingerprint density at radius 2 is 1.93 bits per heavy atom. The molecule has 7 heteroatoms. The molecule has 1 atom stereocenters. The van der Waals surface area contributed by atoms with Crippen molar-refractivity contribution in [1.82, 2.24) is 15.3 Å².